The third-order valence-corrected chi connectivity index (χ3v) is 3.25. The van der Waals surface area contributed by atoms with Crippen molar-refractivity contribution in [3.8, 4) is 0 Å². The van der Waals surface area contributed by atoms with Crippen molar-refractivity contribution in [2.45, 2.75) is 33.1 Å². The highest BCUT2D eigenvalue weighted by atomic mass is 16.5. The number of carboxylic acid groups (broad SMARTS) is 1. The maximum absolute atomic E-state index is 11.9. The van der Waals surface area contributed by atoms with Gasteiger partial charge < -0.3 is 20.1 Å². The molecule has 2 N–H and O–H groups in total. The molecular formula is C14H26N2O4. The second kappa shape index (κ2) is 8.79. The van der Waals surface area contributed by atoms with Crippen LogP contribution in [0.5, 0.6) is 0 Å². The molecule has 1 atom stereocenters. The van der Waals surface area contributed by atoms with Crippen LogP contribution in [0.4, 0.5) is 4.79 Å². The van der Waals surface area contributed by atoms with Gasteiger partial charge in [0.15, 0.2) is 0 Å². The summed E-state index contributed by atoms with van der Waals surface area (Å²) in [5.74, 6) is -0.723. The summed E-state index contributed by atoms with van der Waals surface area (Å²) in [6.07, 6.45) is 2.18. The highest BCUT2D eigenvalue weighted by molar-refractivity contribution is 5.76. The monoisotopic (exact) mass is 286 g/mol. The van der Waals surface area contributed by atoms with Crippen molar-refractivity contribution in [1.29, 1.82) is 0 Å². The topological polar surface area (TPSA) is 78.9 Å². The van der Waals surface area contributed by atoms with Gasteiger partial charge >= 0.3 is 12.0 Å². The normalized spacial score (nSPS) is 19.1. The number of carbonyl (C=O) groups is 2. The Labute approximate surface area is 120 Å². The van der Waals surface area contributed by atoms with Gasteiger partial charge in [0, 0.05) is 32.8 Å². The number of nitrogens with zero attached hydrogens (tertiary/aromatic N) is 1. The molecule has 1 saturated heterocycles. The first-order valence-corrected chi connectivity index (χ1v) is 7.34. The zero-order valence-electron chi connectivity index (χ0n) is 12.4. The Bertz CT molecular complexity index is 320. The van der Waals surface area contributed by atoms with E-state index in [1.54, 1.807) is 4.90 Å². The van der Waals surface area contributed by atoms with E-state index in [1.165, 1.54) is 0 Å². The molecule has 0 radical (unpaired) electrons. The summed E-state index contributed by atoms with van der Waals surface area (Å²) >= 11 is 0. The van der Waals surface area contributed by atoms with Crippen LogP contribution in [0.2, 0.25) is 0 Å². The molecule has 2 amide bonds. The molecule has 1 aliphatic rings. The van der Waals surface area contributed by atoms with E-state index in [9.17, 15) is 9.59 Å². The van der Waals surface area contributed by atoms with Crippen LogP contribution in [0.1, 0.15) is 33.1 Å². The van der Waals surface area contributed by atoms with Gasteiger partial charge in [-0.3, -0.25) is 4.79 Å². The second-order valence-electron chi connectivity index (χ2n) is 5.68. The van der Waals surface area contributed by atoms with Crippen molar-refractivity contribution < 1.29 is 19.4 Å². The average molecular weight is 286 g/mol. The number of rotatable bonds is 7. The van der Waals surface area contributed by atoms with E-state index in [0.29, 0.717) is 38.6 Å². The van der Waals surface area contributed by atoms with Gasteiger partial charge in [-0.1, -0.05) is 13.8 Å². The third-order valence-electron chi connectivity index (χ3n) is 3.25. The van der Waals surface area contributed by atoms with Crippen LogP contribution in [-0.4, -0.2) is 54.9 Å². The van der Waals surface area contributed by atoms with Gasteiger partial charge in [0.05, 0.1) is 5.92 Å². The summed E-state index contributed by atoms with van der Waals surface area (Å²) in [4.78, 5) is 24.4. The van der Waals surface area contributed by atoms with E-state index < -0.39 is 11.9 Å². The molecule has 1 rings (SSSR count). The lowest BCUT2D eigenvalue weighted by Crippen LogP contribution is -2.47. The number of carboxylic acids is 1. The van der Waals surface area contributed by atoms with E-state index in [0.717, 1.165) is 19.4 Å². The maximum atomic E-state index is 11.9. The first-order valence-electron chi connectivity index (χ1n) is 7.34. The maximum Gasteiger partial charge on any atom is 0.317 e. The Hall–Kier alpha value is -1.30. The highest BCUT2D eigenvalue weighted by Gasteiger charge is 2.27. The number of likely N-dealkylation sites (tertiary alicyclic amines) is 1. The molecule has 0 aromatic rings. The van der Waals surface area contributed by atoms with Gasteiger partial charge in [0.1, 0.15) is 0 Å². The van der Waals surface area contributed by atoms with Crippen LogP contribution in [0, 0.1) is 11.8 Å². The van der Waals surface area contributed by atoms with Crippen LogP contribution in [0.3, 0.4) is 0 Å². The summed E-state index contributed by atoms with van der Waals surface area (Å²) in [6, 6.07) is -0.167. The van der Waals surface area contributed by atoms with Crippen molar-refractivity contribution in [2.24, 2.45) is 11.8 Å². The van der Waals surface area contributed by atoms with Crippen LogP contribution in [0.15, 0.2) is 0 Å². The van der Waals surface area contributed by atoms with E-state index >= 15 is 0 Å². The number of aliphatic carboxylic acids is 1. The number of carbonyl (C=O) groups excluding carboxylic acids is 1. The third kappa shape index (κ3) is 6.23. The lowest BCUT2D eigenvalue weighted by Gasteiger charge is -2.30. The largest absolute Gasteiger partial charge is 0.481 e. The standard InChI is InChI=1S/C14H26N2O4/c1-11(2)10-20-8-4-6-15-14(19)16-7-3-5-12(9-16)13(17)18/h11-12H,3-10H2,1-2H3,(H,15,19)(H,17,18)/t12-/m0/s1. The molecule has 0 saturated carbocycles. The van der Waals surface area contributed by atoms with Gasteiger partial charge in [-0.2, -0.15) is 0 Å². The van der Waals surface area contributed by atoms with Gasteiger partial charge in [-0.15, -0.1) is 0 Å². The number of hydrogen-bond acceptors (Lipinski definition) is 3. The molecule has 0 aromatic heterocycles. The predicted octanol–water partition coefficient (Wildman–Crippen LogP) is 1.56. The minimum Gasteiger partial charge on any atom is -0.481 e. The quantitative estimate of drug-likeness (QED) is 0.696. The van der Waals surface area contributed by atoms with Crippen molar-refractivity contribution in [2.75, 3.05) is 32.8 Å². The van der Waals surface area contributed by atoms with E-state index in [1.807, 2.05) is 0 Å². The molecule has 0 bridgehead atoms. The molecule has 0 aliphatic carbocycles. The Morgan fingerprint density at radius 1 is 1.45 bits per heavy atom. The minimum absolute atomic E-state index is 0.167. The fourth-order valence-corrected chi connectivity index (χ4v) is 2.16. The molecule has 0 unspecified atom stereocenters. The second-order valence-corrected chi connectivity index (χ2v) is 5.68. The van der Waals surface area contributed by atoms with Gasteiger partial charge in [-0.05, 0) is 25.2 Å². The zero-order valence-corrected chi connectivity index (χ0v) is 12.4. The summed E-state index contributed by atoms with van der Waals surface area (Å²) < 4.78 is 5.43. The van der Waals surface area contributed by atoms with Crippen LogP contribution >= 0.6 is 0 Å². The van der Waals surface area contributed by atoms with E-state index in [4.69, 9.17) is 9.84 Å². The SMILES string of the molecule is CC(C)COCCCNC(=O)N1CCC[C@H](C(=O)O)C1. The lowest BCUT2D eigenvalue weighted by atomic mass is 9.99. The smallest absolute Gasteiger partial charge is 0.317 e. The lowest BCUT2D eigenvalue weighted by molar-refractivity contribution is -0.143. The predicted molar refractivity (Wildman–Crippen MR) is 75.6 cm³/mol. The molecule has 1 heterocycles. The van der Waals surface area contributed by atoms with Crippen molar-refractivity contribution in [1.82, 2.24) is 10.2 Å². The van der Waals surface area contributed by atoms with Gasteiger partial charge in [0.2, 0.25) is 0 Å². The number of ether oxygens (including phenoxy) is 1. The Morgan fingerprint density at radius 2 is 2.20 bits per heavy atom. The molecular weight excluding hydrogens is 260 g/mol. The van der Waals surface area contributed by atoms with Crippen molar-refractivity contribution >= 4 is 12.0 Å². The van der Waals surface area contributed by atoms with E-state index in [-0.39, 0.29) is 6.03 Å². The molecule has 0 spiro atoms. The number of urea groups is 1. The zero-order chi connectivity index (χ0) is 15.0. The Morgan fingerprint density at radius 3 is 2.85 bits per heavy atom. The number of piperidine rings is 1. The first-order chi connectivity index (χ1) is 9.50. The Kier molecular flexibility index (Phi) is 7.36. The fraction of sp³-hybridized carbons (Fsp3) is 0.857. The molecule has 1 aliphatic heterocycles. The average Bonchev–Trinajstić information content (AvgIpc) is 2.42. The molecule has 116 valence electrons. The molecule has 6 heteroatoms. The minimum atomic E-state index is -0.815. The van der Waals surface area contributed by atoms with Crippen LogP contribution < -0.4 is 5.32 Å². The van der Waals surface area contributed by atoms with E-state index in [2.05, 4.69) is 19.2 Å². The fourth-order valence-electron chi connectivity index (χ4n) is 2.16. The van der Waals surface area contributed by atoms with Crippen molar-refractivity contribution in [3.05, 3.63) is 0 Å². The molecule has 6 nitrogen and oxygen atoms in total. The molecule has 0 aromatic carbocycles. The van der Waals surface area contributed by atoms with Gasteiger partial charge in [-0.25, -0.2) is 4.79 Å². The Balaban J connectivity index is 2.14. The molecule has 20 heavy (non-hydrogen) atoms. The van der Waals surface area contributed by atoms with Gasteiger partial charge in [0.25, 0.3) is 0 Å². The van der Waals surface area contributed by atoms with Crippen molar-refractivity contribution in [3.63, 3.8) is 0 Å². The molecule has 1 fully saturated rings. The summed E-state index contributed by atoms with van der Waals surface area (Å²) in [5.41, 5.74) is 0. The summed E-state index contributed by atoms with van der Waals surface area (Å²) in [6.45, 7) is 7.07. The number of hydrogen-bond donors (Lipinski definition) is 2. The number of nitrogens with one attached hydrogen (secondary N) is 1. The first kappa shape index (κ1) is 16.8. The highest BCUT2D eigenvalue weighted by Crippen LogP contribution is 2.16. The summed E-state index contributed by atoms with van der Waals surface area (Å²) in [5, 5.41) is 11.8. The van der Waals surface area contributed by atoms with Crippen LogP contribution in [0.25, 0.3) is 0 Å². The van der Waals surface area contributed by atoms with Crippen LogP contribution in [-0.2, 0) is 9.53 Å². The summed E-state index contributed by atoms with van der Waals surface area (Å²) in [7, 11) is 0. The number of amides is 2.